The van der Waals surface area contributed by atoms with Crippen LogP contribution in [0.4, 0.5) is 0 Å². The predicted molar refractivity (Wildman–Crippen MR) is 158 cm³/mol. The Morgan fingerprint density at radius 3 is 2.55 bits per heavy atom. The number of imidazole rings is 1. The Hall–Kier alpha value is -3.70. The Morgan fingerprint density at radius 1 is 0.921 bits per heavy atom. The van der Waals surface area contributed by atoms with E-state index in [0.717, 1.165) is 60.5 Å². The quantitative estimate of drug-likeness (QED) is 0.245. The summed E-state index contributed by atoms with van der Waals surface area (Å²) in [5, 5.41) is 4.82. The Bertz CT molecular complexity index is 1490. The van der Waals surface area contributed by atoms with Crippen molar-refractivity contribution in [1.29, 1.82) is 0 Å². The number of piperidine rings is 1. The molecule has 5 heteroatoms. The van der Waals surface area contributed by atoms with Gasteiger partial charge in [0.05, 0.1) is 29.2 Å². The topological polar surface area (TPSA) is 62.8 Å². The molecule has 3 heterocycles. The van der Waals surface area contributed by atoms with Gasteiger partial charge in [-0.1, -0.05) is 50.6 Å². The minimum Gasteiger partial charge on any atom is -0.493 e. The summed E-state index contributed by atoms with van der Waals surface area (Å²) in [5.74, 6) is 2.08. The zero-order valence-electron chi connectivity index (χ0n) is 22.8. The lowest BCUT2D eigenvalue weighted by Gasteiger charge is -2.21. The number of nitrogens with zero attached hydrogens (tertiary/aromatic N) is 2. The smallest absolute Gasteiger partial charge is 0.124 e. The Balaban J connectivity index is 0.000000222. The van der Waals surface area contributed by atoms with Crippen molar-refractivity contribution in [3.8, 4) is 16.9 Å². The van der Waals surface area contributed by atoms with Crippen molar-refractivity contribution in [3.63, 3.8) is 0 Å². The maximum absolute atomic E-state index is 5.89. The lowest BCUT2D eigenvalue weighted by atomic mass is 10.0. The molecule has 196 valence electrons. The molecule has 1 fully saturated rings. The number of H-pyrrole nitrogens is 1. The molecule has 3 aromatic carbocycles. The van der Waals surface area contributed by atoms with E-state index in [9.17, 15) is 0 Å². The molecule has 1 atom stereocenters. The van der Waals surface area contributed by atoms with Crippen LogP contribution in [-0.4, -0.2) is 28.1 Å². The molecule has 2 N–H and O–H groups in total. The van der Waals surface area contributed by atoms with Crippen molar-refractivity contribution >= 4 is 21.9 Å². The van der Waals surface area contributed by atoms with Crippen LogP contribution in [0, 0.1) is 6.92 Å². The van der Waals surface area contributed by atoms with Crippen molar-refractivity contribution in [2.75, 3.05) is 13.2 Å². The van der Waals surface area contributed by atoms with Gasteiger partial charge in [-0.2, -0.15) is 0 Å². The van der Waals surface area contributed by atoms with Crippen molar-refractivity contribution < 1.29 is 4.74 Å². The molecular formula is C33H38N4O. The molecule has 0 saturated carbocycles. The number of aryl methyl sites for hydroxylation is 2. The van der Waals surface area contributed by atoms with Crippen LogP contribution in [0.3, 0.4) is 0 Å². The van der Waals surface area contributed by atoms with Gasteiger partial charge in [0.25, 0.3) is 0 Å². The highest BCUT2D eigenvalue weighted by atomic mass is 16.5. The van der Waals surface area contributed by atoms with Crippen LogP contribution in [0.2, 0.25) is 0 Å². The summed E-state index contributed by atoms with van der Waals surface area (Å²) in [5.41, 5.74) is 8.22. The summed E-state index contributed by atoms with van der Waals surface area (Å²) in [6.07, 6.45) is 7.53. The fourth-order valence-corrected chi connectivity index (χ4v) is 5.09. The van der Waals surface area contributed by atoms with Gasteiger partial charge >= 0.3 is 0 Å². The maximum atomic E-state index is 5.89. The van der Waals surface area contributed by atoms with Gasteiger partial charge in [0.2, 0.25) is 0 Å². The van der Waals surface area contributed by atoms with Crippen LogP contribution in [0.1, 0.15) is 62.5 Å². The average molecular weight is 507 g/mol. The van der Waals surface area contributed by atoms with Gasteiger partial charge in [-0.3, -0.25) is 4.98 Å². The SMILES string of the molecule is CCCOc1ccc(-c2ccc3nc(C4CCCCN4)[nH]c3c2)cc1CC.Cc1ccnc2ccccc12. The van der Waals surface area contributed by atoms with Gasteiger partial charge in [-0.15, -0.1) is 0 Å². The van der Waals surface area contributed by atoms with E-state index >= 15 is 0 Å². The molecule has 6 rings (SSSR count). The van der Waals surface area contributed by atoms with Gasteiger partial charge < -0.3 is 15.0 Å². The average Bonchev–Trinajstić information content (AvgIpc) is 3.41. The number of pyridine rings is 1. The zero-order chi connectivity index (χ0) is 26.3. The second-order valence-corrected chi connectivity index (χ2v) is 10.0. The fraction of sp³-hybridized carbons (Fsp3) is 0.333. The normalized spacial score (nSPS) is 15.3. The first-order chi connectivity index (χ1) is 18.7. The first kappa shape index (κ1) is 25.9. The van der Waals surface area contributed by atoms with E-state index in [1.54, 1.807) is 0 Å². The molecular weight excluding hydrogens is 468 g/mol. The number of ether oxygens (including phenoxy) is 1. The number of para-hydroxylation sites is 1. The van der Waals surface area contributed by atoms with Gasteiger partial charge in [-0.25, -0.2) is 4.98 Å². The first-order valence-electron chi connectivity index (χ1n) is 14.0. The van der Waals surface area contributed by atoms with E-state index in [-0.39, 0.29) is 0 Å². The monoisotopic (exact) mass is 506 g/mol. The van der Waals surface area contributed by atoms with E-state index in [1.807, 2.05) is 30.5 Å². The molecule has 0 bridgehead atoms. The van der Waals surface area contributed by atoms with E-state index in [4.69, 9.17) is 9.72 Å². The Kier molecular flexibility index (Phi) is 8.34. The number of aromatic amines is 1. The number of hydrogen-bond acceptors (Lipinski definition) is 4. The van der Waals surface area contributed by atoms with Crippen molar-refractivity contribution in [1.82, 2.24) is 20.3 Å². The number of nitrogens with one attached hydrogen (secondary N) is 2. The van der Waals surface area contributed by atoms with Gasteiger partial charge in [0.15, 0.2) is 0 Å². The van der Waals surface area contributed by atoms with Crippen molar-refractivity contribution in [3.05, 3.63) is 89.9 Å². The third kappa shape index (κ3) is 5.89. The number of rotatable bonds is 6. The molecule has 1 aliphatic heterocycles. The van der Waals surface area contributed by atoms with E-state index in [0.29, 0.717) is 6.04 Å². The summed E-state index contributed by atoms with van der Waals surface area (Å²) in [6, 6.07) is 23.6. The fourth-order valence-electron chi connectivity index (χ4n) is 5.09. The van der Waals surface area contributed by atoms with E-state index in [2.05, 4.69) is 78.5 Å². The molecule has 1 unspecified atom stereocenters. The molecule has 0 amide bonds. The molecule has 1 saturated heterocycles. The number of hydrogen-bond donors (Lipinski definition) is 2. The largest absolute Gasteiger partial charge is 0.493 e. The molecule has 0 spiro atoms. The number of aromatic nitrogens is 3. The lowest BCUT2D eigenvalue weighted by Crippen LogP contribution is -2.27. The van der Waals surface area contributed by atoms with Gasteiger partial charge in [0, 0.05) is 11.6 Å². The highest BCUT2D eigenvalue weighted by Crippen LogP contribution is 2.30. The van der Waals surface area contributed by atoms with Crippen LogP contribution in [0.15, 0.2) is 72.9 Å². The van der Waals surface area contributed by atoms with Crippen molar-refractivity contribution in [2.24, 2.45) is 0 Å². The molecule has 0 radical (unpaired) electrons. The minimum atomic E-state index is 0.358. The van der Waals surface area contributed by atoms with Crippen LogP contribution >= 0.6 is 0 Å². The van der Waals surface area contributed by atoms with Crippen LogP contribution in [0.25, 0.3) is 33.1 Å². The van der Waals surface area contributed by atoms with E-state index < -0.39 is 0 Å². The van der Waals surface area contributed by atoms with E-state index in [1.165, 1.54) is 40.5 Å². The number of benzene rings is 3. The van der Waals surface area contributed by atoms with Crippen LogP contribution in [-0.2, 0) is 6.42 Å². The van der Waals surface area contributed by atoms with Crippen molar-refractivity contribution in [2.45, 2.75) is 58.9 Å². The summed E-state index contributed by atoms with van der Waals surface area (Å²) in [4.78, 5) is 12.6. The second kappa shape index (κ2) is 12.2. The third-order valence-corrected chi connectivity index (χ3v) is 7.24. The van der Waals surface area contributed by atoms with Crippen LogP contribution in [0.5, 0.6) is 5.75 Å². The summed E-state index contributed by atoms with van der Waals surface area (Å²) in [6.45, 7) is 8.27. The van der Waals surface area contributed by atoms with Crippen LogP contribution < -0.4 is 10.1 Å². The highest BCUT2D eigenvalue weighted by Gasteiger charge is 2.18. The maximum Gasteiger partial charge on any atom is 0.124 e. The Labute approximate surface area is 225 Å². The lowest BCUT2D eigenvalue weighted by molar-refractivity contribution is 0.314. The standard InChI is InChI=1S/C23H29N3O.C10H9N/c1-3-13-27-22-11-9-17(14-16(22)4-2)18-8-10-19-21(15-18)26-23(25-19)20-7-5-6-12-24-20;1-8-6-7-11-10-5-3-2-4-9(8)10/h8-11,14-15,20,24H,3-7,12-13H2,1-2H3,(H,25,26);2-7H,1H3. The third-order valence-electron chi connectivity index (χ3n) is 7.24. The minimum absolute atomic E-state index is 0.358. The predicted octanol–water partition coefficient (Wildman–Crippen LogP) is 7.94. The zero-order valence-corrected chi connectivity index (χ0v) is 22.8. The molecule has 0 aliphatic carbocycles. The Morgan fingerprint density at radius 2 is 1.76 bits per heavy atom. The molecule has 5 aromatic rings. The number of fused-ring (bicyclic) bond motifs is 2. The molecule has 2 aromatic heterocycles. The second-order valence-electron chi connectivity index (χ2n) is 10.0. The van der Waals surface area contributed by atoms with Gasteiger partial charge in [-0.05, 0) is 97.8 Å². The summed E-state index contributed by atoms with van der Waals surface area (Å²) < 4.78 is 5.89. The first-order valence-corrected chi connectivity index (χ1v) is 14.0. The summed E-state index contributed by atoms with van der Waals surface area (Å²) >= 11 is 0. The highest BCUT2D eigenvalue weighted by molar-refractivity contribution is 5.83. The molecule has 1 aliphatic rings. The molecule has 38 heavy (non-hydrogen) atoms. The molecule has 5 nitrogen and oxygen atoms in total. The van der Waals surface area contributed by atoms with Gasteiger partial charge in [0.1, 0.15) is 11.6 Å². The summed E-state index contributed by atoms with van der Waals surface area (Å²) in [7, 11) is 0.